The number of esters is 1. The zero-order valence-corrected chi connectivity index (χ0v) is 29.9. The first-order chi connectivity index (χ1) is 24.1. The van der Waals surface area contributed by atoms with Gasteiger partial charge in [0.2, 0.25) is 11.8 Å². The summed E-state index contributed by atoms with van der Waals surface area (Å²) >= 11 is 0. The molecule has 5 saturated carbocycles. The zero-order valence-electron chi connectivity index (χ0n) is 29.9. The summed E-state index contributed by atoms with van der Waals surface area (Å²) in [7, 11) is 7.24. The molecule has 50 heavy (non-hydrogen) atoms. The van der Waals surface area contributed by atoms with E-state index in [9.17, 15) is 14.4 Å². The molecule has 8 fully saturated rings. The molecule has 0 N–H and O–H groups in total. The lowest BCUT2D eigenvalue weighted by Crippen LogP contribution is -2.81. The smallest absolute Gasteiger partial charge is 0.340 e. The lowest BCUT2D eigenvalue weighted by Gasteiger charge is -2.70. The van der Waals surface area contributed by atoms with Crippen LogP contribution < -0.4 is 4.90 Å². The number of benzene rings is 1. The first-order valence-electron chi connectivity index (χ1n) is 18.4. The molecule has 12 heteroatoms. The number of hydrogen-bond acceptors (Lipinski definition) is 11. The van der Waals surface area contributed by atoms with E-state index in [-0.39, 0.29) is 97.0 Å². The topological polar surface area (TPSA) is 122 Å². The molecule has 3 spiro atoms. The van der Waals surface area contributed by atoms with Crippen LogP contribution in [0.4, 0.5) is 5.69 Å². The molecule has 8 aliphatic rings. The number of rotatable bonds is 9. The highest BCUT2D eigenvalue weighted by Gasteiger charge is 2.94. The summed E-state index contributed by atoms with van der Waals surface area (Å²) < 4.78 is 46.5. The number of para-hydroxylation sites is 1. The maximum Gasteiger partial charge on any atom is 0.340 e. The number of methoxy groups -OCH3 is 4. The number of likely N-dealkylation sites (tertiary alicyclic amines) is 1. The van der Waals surface area contributed by atoms with Crippen LogP contribution in [0.1, 0.15) is 56.3 Å². The van der Waals surface area contributed by atoms with Crippen LogP contribution in [0.15, 0.2) is 24.3 Å². The van der Waals surface area contributed by atoms with Gasteiger partial charge in [-0.2, -0.15) is 0 Å². The van der Waals surface area contributed by atoms with Crippen LogP contribution in [0.5, 0.6) is 0 Å². The Morgan fingerprint density at radius 1 is 1.04 bits per heavy atom. The standard InChI is InChI=1S/C38H50N2O10/c1-7-39-17-35(18-48-33(43)21-10-8-9-11-24(21)40-27(41)14-20(2)32(40)42)13-12-26(45-4)37-23-15-22-25(44-3)16-36(28(23)29(22)46-5)38(34(37)39,50-19-49-36)31(47-6)30(35)37/h8-11,20,22-23,25-26,28-31,34H,7,12-19H2,1-6H3/t20-,22+,23-,25+,26-,28+,29+,30-,31-,34-,35-,36+,37-,38+/m0/s1. The third-order valence-corrected chi connectivity index (χ3v) is 15.1. The van der Waals surface area contributed by atoms with E-state index in [1.807, 2.05) is 14.2 Å². The highest BCUT2D eigenvalue weighted by atomic mass is 16.7. The number of carbonyl (C=O) groups is 3. The molecule has 14 atom stereocenters. The molecule has 7 bridgehead atoms. The Hall–Kier alpha value is -2.45. The number of nitrogens with zero attached hydrogens (tertiary/aromatic N) is 2. The average Bonchev–Trinajstić information content (AvgIpc) is 3.78. The molecule has 1 aromatic carbocycles. The van der Waals surface area contributed by atoms with Gasteiger partial charge < -0.3 is 33.2 Å². The van der Waals surface area contributed by atoms with Crippen molar-refractivity contribution in [3.63, 3.8) is 0 Å². The SMILES string of the molecule is CCN1C[C@]2(COC(=O)c3ccccc3N3C(=O)C[C@H](C)C3=O)CC[C@H](OC)[C@@]34[C@H]5C[C@H]6[C@@H](OC)[C@@H]5[C@@]5(C[C@H]6OC)OCO[C@]5([C@@H](OC)[C@@H]23)[C@@H]14. The minimum Gasteiger partial charge on any atom is -0.461 e. The number of amides is 2. The fraction of sp³-hybridized carbons (Fsp3) is 0.763. The normalized spacial score (nSPS) is 48.3. The van der Waals surface area contributed by atoms with Gasteiger partial charge in [-0.25, -0.2) is 9.69 Å². The van der Waals surface area contributed by atoms with Crippen molar-refractivity contribution in [2.24, 2.45) is 40.4 Å². The Balaban J connectivity index is 1.16. The van der Waals surface area contributed by atoms with Gasteiger partial charge in [0.05, 0.1) is 48.3 Å². The number of carbonyl (C=O) groups excluding carboxylic acids is 3. The van der Waals surface area contributed by atoms with Crippen LogP contribution in [0.3, 0.4) is 0 Å². The minimum absolute atomic E-state index is 0.0457. The van der Waals surface area contributed by atoms with Gasteiger partial charge >= 0.3 is 5.97 Å². The molecule has 0 aromatic heterocycles. The molecule has 2 amide bonds. The number of piperidine rings is 1. The summed E-state index contributed by atoms with van der Waals surface area (Å²) in [5.74, 6) is -1.22. The lowest BCUT2D eigenvalue weighted by molar-refractivity contribution is -0.286. The van der Waals surface area contributed by atoms with Crippen molar-refractivity contribution in [2.75, 3.05) is 59.8 Å². The summed E-state index contributed by atoms with van der Waals surface area (Å²) in [6.45, 7) is 5.73. The predicted molar refractivity (Wildman–Crippen MR) is 177 cm³/mol. The van der Waals surface area contributed by atoms with E-state index in [1.54, 1.807) is 45.4 Å². The quantitative estimate of drug-likeness (QED) is 0.280. The van der Waals surface area contributed by atoms with Gasteiger partial charge in [-0.1, -0.05) is 26.0 Å². The summed E-state index contributed by atoms with van der Waals surface area (Å²) in [6.07, 6.45) is 2.77. The van der Waals surface area contributed by atoms with Gasteiger partial charge in [0.15, 0.2) is 0 Å². The van der Waals surface area contributed by atoms with Gasteiger partial charge in [0.25, 0.3) is 0 Å². The Morgan fingerprint density at radius 2 is 1.84 bits per heavy atom. The lowest BCUT2D eigenvalue weighted by atomic mass is 9.42. The van der Waals surface area contributed by atoms with Crippen LogP contribution >= 0.6 is 0 Å². The molecule has 9 rings (SSSR count). The maximum atomic E-state index is 14.2. The number of hydrogen-bond donors (Lipinski definition) is 0. The molecule has 272 valence electrons. The van der Waals surface area contributed by atoms with Crippen molar-refractivity contribution >= 4 is 23.5 Å². The second-order valence-electron chi connectivity index (χ2n) is 16.3. The largest absolute Gasteiger partial charge is 0.461 e. The van der Waals surface area contributed by atoms with Crippen LogP contribution in [0, 0.1) is 40.4 Å². The van der Waals surface area contributed by atoms with Crippen molar-refractivity contribution in [1.82, 2.24) is 4.90 Å². The highest BCUT2D eigenvalue weighted by molar-refractivity contribution is 6.22. The van der Waals surface area contributed by atoms with Crippen LogP contribution in [-0.4, -0.2) is 119 Å². The molecule has 5 aliphatic carbocycles. The van der Waals surface area contributed by atoms with E-state index in [2.05, 4.69) is 11.8 Å². The third kappa shape index (κ3) is 3.64. The number of anilines is 1. The predicted octanol–water partition coefficient (Wildman–Crippen LogP) is 3.05. The Bertz CT molecular complexity index is 1610. The first-order valence-corrected chi connectivity index (χ1v) is 18.4. The van der Waals surface area contributed by atoms with Crippen molar-refractivity contribution in [3.05, 3.63) is 29.8 Å². The average molecular weight is 695 g/mol. The molecule has 3 heterocycles. The second-order valence-corrected chi connectivity index (χ2v) is 16.3. The fourth-order valence-electron chi connectivity index (χ4n) is 13.9. The van der Waals surface area contributed by atoms with Crippen molar-refractivity contribution in [2.45, 2.75) is 87.6 Å². The Labute approximate surface area is 293 Å². The molecular weight excluding hydrogens is 644 g/mol. The van der Waals surface area contributed by atoms with Gasteiger partial charge in [-0.05, 0) is 43.9 Å². The van der Waals surface area contributed by atoms with Crippen LogP contribution in [0.25, 0.3) is 0 Å². The van der Waals surface area contributed by atoms with E-state index in [1.165, 1.54) is 0 Å². The second kappa shape index (κ2) is 11.3. The van der Waals surface area contributed by atoms with E-state index >= 15 is 0 Å². The molecule has 1 aromatic rings. The summed E-state index contributed by atoms with van der Waals surface area (Å²) in [6, 6.07) is 6.72. The fourth-order valence-corrected chi connectivity index (χ4v) is 13.9. The molecule has 0 unspecified atom stereocenters. The number of fused-ring (bicyclic) bond motifs is 1. The van der Waals surface area contributed by atoms with Crippen molar-refractivity contribution < 1.29 is 47.5 Å². The summed E-state index contributed by atoms with van der Waals surface area (Å²) in [5, 5.41) is 0. The van der Waals surface area contributed by atoms with Gasteiger partial charge in [-0.15, -0.1) is 0 Å². The van der Waals surface area contributed by atoms with E-state index < -0.39 is 33.9 Å². The van der Waals surface area contributed by atoms with Crippen LogP contribution in [0.2, 0.25) is 0 Å². The van der Waals surface area contributed by atoms with Gasteiger partial charge in [0, 0.05) is 82.3 Å². The number of ether oxygens (including phenoxy) is 7. The van der Waals surface area contributed by atoms with Gasteiger partial charge in [0.1, 0.15) is 18.0 Å². The van der Waals surface area contributed by atoms with E-state index in [0.29, 0.717) is 13.0 Å². The van der Waals surface area contributed by atoms with Crippen LogP contribution in [-0.2, 0) is 42.7 Å². The molecule has 0 radical (unpaired) electrons. The van der Waals surface area contributed by atoms with Crippen molar-refractivity contribution in [3.8, 4) is 0 Å². The summed E-state index contributed by atoms with van der Waals surface area (Å²) in [5.41, 5.74) is -1.91. The van der Waals surface area contributed by atoms with Gasteiger partial charge in [-0.3, -0.25) is 14.5 Å². The monoisotopic (exact) mass is 694 g/mol. The first kappa shape index (κ1) is 33.4. The zero-order chi connectivity index (χ0) is 35.0. The molecular formula is C38H50N2O10. The molecule has 12 nitrogen and oxygen atoms in total. The van der Waals surface area contributed by atoms with E-state index in [0.717, 1.165) is 30.7 Å². The highest BCUT2D eigenvalue weighted by Crippen LogP contribution is 2.82. The Morgan fingerprint density at radius 3 is 2.52 bits per heavy atom. The Kier molecular flexibility index (Phi) is 7.53. The summed E-state index contributed by atoms with van der Waals surface area (Å²) in [4.78, 5) is 43.8. The molecule has 3 saturated heterocycles. The maximum absolute atomic E-state index is 14.2. The van der Waals surface area contributed by atoms with E-state index in [4.69, 9.17) is 33.2 Å². The minimum atomic E-state index is -0.820. The number of likely N-dealkylation sites (N-methyl/N-ethyl adjacent to an activating group) is 1. The third-order valence-electron chi connectivity index (χ3n) is 15.1. The molecule has 3 aliphatic heterocycles. The van der Waals surface area contributed by atoms with Crippen molar-refractivity contribution in [1.29, 1.82) is 0 Å². The number of imide groups is 1.